The standard InChI is InChI=1S/C76H84BN3S/c1-69(2,3)48-28-33-60(55(40-48)47-24-20-19-21-25-47)79-63-36-31-51(72(10,11)12)43-59(63)77-58-42-50(71(7,8)9)30-35-62(58)78(52-32-37-67-56(44-52)54-26-22-23-27-66(54)81-67)64-45-53(46-65(79)68(64)77)80-61-34-29-49(70(4,5)6)41-57(61)75(17)73(13,14)38-39-74(15,16)76(75,80)18/h19-37,40-46H,38-39H2,1-18H3. The average molecular weight is 1080 g/mol. The molecule has 1 saturated carbocycles. The highest BCUT2D eigenvalue weighted by atomic mass is 32.1. The Morgan fingerprint density at radius 1 is 0.407 bits per heavy atom. The third-order valence-corrected chi connectivity index (χ3v) is 22.1. The highest BCUT2D eigenvalue weighted by Gasteiger charge is 2.70. The van der Waals surface area contributed by atoms with E-state index < -0.39 is 0 Å². The summed E-state index contributed by atoms with van der Waals surface area (Å²) < 4.78 is 2.64. The summed E-state index contributed by atoms with van der Waals surface area (Å²) in [4.78, 5) is 8.27. The Bertz CT molecular complexity index is 4050. The molecule has 1 aliphatic carbocycles. The summed E-state index contributed by atoms with van der Waals surface area (Å²) in [6.07, 6.45) is 2.29. The van der Waals surface area contributed by atoms with E-state index in [1.54, 1.807) is 0 Å². The van der Waals surface area contributed by atoms with Crippen molar-refractivity contribution in [1.82, 2.24) is 0 Å². The van der Waals surface area contributed by atoms with Gasteiger partial charge in [-0.05, 0) is 169 Å². The third-order valence-electron chi connectivity index (χ3n) is 21.0. The van der Waals surface area contributed by atoms with Gasteiger partial charge in [0.05, 0.1) is 11.2 Å². The zero-order chi connectivity index (χ0) is 57.5. The SMILES string of the molecule is CC(C)(C)c1ccc2c(c1)B1c3cc(C(C)(C)C)ccc3N(c3ccc(C(C)(C)C)cc3-c3ccccc3)c3cc(N4c5ccc(C(C)(C)C)cc5C5(C)C(C)(C)CCC(C)(C)C45C)cc(c31)N2c1ccc2sc3ccccc3c2c1. The van der Waals surface area contributed by atoms with E-state index in [0.717, 1.165) is 12.8 Å². The number of fused-ring (bicyclic) bond motifs is 10. The molecule has 412 valence electrons. The molecule has 2 atom stereocenters. The Morgan fingerprint density at radius 3 is 1.51 bits per heavy atom. The number of hydrogen-bond donors (Lipinski definition) is 0. The largest absolute Gasteiger partial charge is 0.334 e. The van der Waals surface area contributed by atoms with Crippen molar-refractivity contribution >= 4 is 100 Å². The molecule has 3 nitrogen and oxygen atoms in total. The molecule has 4 heterocycles. The van der Waals surface area contributed by atoms with Gasteiger partial charge in [-0.2, -0.15) is 0 Å². The first-order valence-electron chi connectivity index (χ1n) is 30.1. The second kappa shape index (κ2) is 17.5. The summed E-state index contributed by atoms with van der Waals surface area (Å²) in [5.74, 6) is 0. The Balaban J connectivity index is 1.21. The van der Waals surface area contributed by atoms with Crippen LogP contribution in [0.15, 0.2) is 158 Å². The average Bonchev–Trinajstić information content (AvgIpc) is 1.72. The van der Waals surface area contributed by atoms with E-state index in [4.69, 9.17) is 0 Å². The van der Waals surface area contributed by atoms with Crippen LogP contribution >= 0.6 is 11.3 Å². The fraction of sp³-hybridized carbons (Fsp3) is 0.368. The molecule has 0 bridgehead atoms. The molecule has 4 aliphatic rings. The van der Waals surface area contributed by atoms with Crippen molar-refractivity contribution in [3.05, 3.63) is 186 Å². The Hall–Kier alpha value is -6.56. The van der Waals surface area contributed by atoms with Crippen molar-refractivity contribution in [1.29, 1.82) is 0 Å². The lowest BCUT2D eigenvalue weighted by Gasteiger charge is -2.65. The minimum absolute atomic E-state index is 0.00553. The molecule has 0 spiro atoms. The molecule has 0 saturated heterocycles. The summed E-state index contributed by atoms with van der Waals surface area (Å²) in [7, 11) is 0. The summed E-state index contributed by atoms with van der Waals surface area (Å²) in [6.45, 7) is 44.0. The first-order chi connectivity index (χ1) is 37.9. The number of hydrogen-bond acceptors (Lipinski definition) is 4. The topological polar surface area (TPSA) is 9.72 Å². The fourth-order valence-electron chi connectivity index (χ4n) is 15.3. The van der Waals surface area contributed by atoms with Gasteiger partial charge in [-0.25, -0.2) is 0 Å². The molecule has 3 aliphatic heterocycles. The van der Waals surface area contributed by atoms with Crippen LogP contribution in [-0.2, 0) is 27.1 Å². The number of anilines is 8. The zero-order valence-electron chi connectivity index (χ0n) is 51.8. The second-order valence-electron chi connectivity index (χ2n) is 30.5. The van der Waals surface area contributed by atoms with Gasteiger partial charge in [-0.15, -0.1) is 11.3 Å². The van der Waals surface area contributed by atoms with E-state index >= 15 is 0 Å². The van der Waals surface area contributed by atoms with E-state index in [-0.39, 0.29) is 50.2 Å². The van der Waals surface area contributed by atoms with Gasteiger partial charge in [0.1, 0.15) is 0 Å². The van der Waals surface area contributed by atoms with Crippen molar-refractivity contribution in [2.24, 2.45) is 10.8 Å². The Kier molecular flexibility index (Phi) is 11.6. The zero-order valence-corrected chi connectivity index (χ0v) is 52.6. The van der Waals surface area contributed by atoms with Crippen LogP contribution in [0.5, 0.6) is 0 Å². The summed E-state index contributed by atoms with van der Waals surface area (Å²) >= 11 is 1.90. The van der Waals surface area contributed by atoms with Crippen molar-refractivity contribution < 1.29 is 0 Å². The van der Waals surface area contributed by atoms with E-state index in [0.29, 0.717) is 0 Å². The molecular formula is C76H84BN3S. The van der Waals surface area contributed by atoms with Gasteiger partial charge in [0.2, 0.25) is 0 Å². The van der Waals surface area contributed by atoms with E-state index in [1.807, 2.05) is 11.3 Å². The van der Waals surface area contributed by atoms with E-state index in [9.17, 15) is 0 Å². The predicted octanol–water partition coefficient (Wildman–Crippen LogP) is 20.0. The summed E-state index contributed by atoms with van der Waals surface area (Å²) in [6, 6.07) is 62.7. The monoisotopic (exact) mass is 1080 g/mol. The van der Waals surface area contributed by atoms with Crippen molar-refractivity contribution in [2.45, 2.75) is 170 Å². The van der Waals surface area contributed by atoms with Crippen LogP contribution in [0.1, 0.15) is 165 Å². The maximum atomic E-state index is 2.88. The molecule has 8 aromatic carbocycles. The maximum Gasteiger partial charge on any atom is 0.252 e. The first-order valence-corrected chi connectivity index (χ1v) is 30.9. The van der Waals surface area contributed by atoms with Crippen LogP contribution in [0.3, 0.4) is 0 Å². The molecule has 0 amide bonds. The Labute approximate surface area is 489 Å². The van der Waals surface area contributed by atoms with Gasteiger partial charge in [-0.3, -0.25) is 0 Å². The smallest absolute Gasteiger partial charge is 0.252 e. The number of rotatable bonds is 4. The predicted molar refractivity (Wildman–Crippen MR) is 355 cm³/mol. The highest BCUT2D eigenvalue weighted by molar-refractivity contribution is 7.25. The molecule has 9 aromatic rings. The van der Waals surface area contributed by atoms with Crippen LogP contribution < -0.4 is 31.1 Å². The van der Waals surface area contributed by atoms with Crippen LogP contribution in [0.4, 0.5) is 45.5 Å². The van der Waals surface area contributed by atoms with Gasteiger partial charge in [0.15, 0.2) is 0 Å². The highest BCUT2D eigenvalue weighted by Crippen LogP contribution is 2.72. The second-order valence-corrected chi connectivity index (χ2v) is 31.5. The molecule has 13 rings (SSSR count). The molecule has 2 unspecified atom stereocenters. The summed E-state index contributed by atoms with van der Waals surface area (Å²) in [5, 5.41) is 2.62. The molecule has 0 N–H and O–H groups in total. The quantitative estimate of drug-likeness (QED) is 0.163. The molecule has 0 radical (unpaired) electrons. The van der Waals surface area contributed by atoms with Crippen LogP contribution in [0.25, 0.3) is 31.3 Å². The van der Waals surface area contributed by atoms with Gasteiger partial charge in [0, 0.05) is 71.0 Å². The minimum atomic E-state index is -0.336. The number of thiophene rings is 1. The van der Waals surface area contributed by atoms with Crippen LogP contribution in [0.2, 0.25) is 0 Å². The lowest BCUT2D eigenvalue weighted by molar-refractivity contribution is -0.0415. The minimum Gasteiger partial charge on any atom is -0.334 e. The lowest BCUT2D eigenvalue weighted by Crippen LogP contribution is -2.69. The number of benzene rings is 8. The fourth-order valence-corrected chi connectivity index (χ4v) is 16.4. The molecule has 5 heteroatoms. The van der Waals surface area contributed by atoms with Gasteiger partial charge >= 0.3 is 0 Å². The van der Waals surface area contributed by atoms with Crippen LogP contribution in [0, 0.1) is 10.8 Å². The van der Waals surface area contributed by atoms with Gasteiger partial charge < -0.3 is 14.7 Å². The maximum absolute atomic E-state index is 2.88. The molecule has 1 aromatic heterocycles. The van der Waals surface area contributed by atoms with Gasteiger partial charge in [0.25, 0.3) is 6.71 Å². The molecule has 81 heavy (non-hydrogen) atoms. The van der Waals surface area contributed by atoms with Crippen molar-refractivity contribution in [2.75, 3.05) is 14.7 Å². The molecule has 1 fully saturated rings. The van der Waals surface area contributed by atoms with Crippen LogP contribution in [-0.4, -0.2) is 12.3 Å². The normalized spacial score (nSPS) is 20.1. The lowest BCUT2D eigenvalue weighted by atomic mass is 9.33. The summed E-state index contributed by atoms with van der Waals surface area (Å²) in [5.41, 5.74) is 22.4. The van der Waals surface area contributed by atoms with Gasteiger partial charge in [-0.1, -0.05) is 209 Å². The third kappa shape index (κ3) is 7.78. The Morgan fingerprint density at radius 2 is 0.901 bits per heavy atom. The van der Waals surface area contributed by atoms with Crippen molar-refractivity contribution in [3.8, 4) is 11.1 Å². The molecular weight excluding hydrogens is 998 g/mol. The van der Waals surface area contributed by atoms with E-state index in [2.05, 4.69) is 297 Å². The van der Waals surface area contributed by atoms with E-state index in [1.165, 1.54) is 121 Å². The number of nitrogens with zero attached hydrogens (tertiary/aromatic N) is 3. The first kappa shape index (κ1) is 53.7. The van der Waals surface area contributed by atoms with Crippen molar-refractivity contribution in [3.63, 3.8) is 0 Å².